The van der Waals surface area contributed by atoms with Gasteiger partial charge in [0.2, 0.25) is 11.9 Å². The summed E-state index contributed by atoms with van der Waals surface area (Å²) < 4.78 is 12.9. The maximum Gasteiger partial charge on any atom is 0.274 e. The van der Waals surface area contributed by atoms with Crippen molar-refractivity contribution >= 4 is 17.6 Å². The molecule has 2 aliphatic heterocycles. The lowest BCUT2D eigenvalue weighted by molar-refractivity contribution is -0.125. The molecule has 0 aliphatic carbocycles. The van der Waals surface area contributed by atoms with E-state index in [4.69, 9.17) is 0 Å². The summed E-state index contributed by atoms with van der Waals surface area (Å²) in [6.07, 6.45) is 3.00. The standard InChI is InChI=1S/C20H19FN6O2/c1-12-14-4-3-9-27(19(14)20(29)26(12)2)11-18(28)23-17-8-6-15(24-25-17)13-5-7-16(21)22-10-13/h5-8,10H,1,3-4,9,11H2,2H3,(H,23,25,28). The predicted molar refractivity (Wildman–Crippen MR) is 104 cm³/mol. The van der Waals surface area contributed by atoms with E-state index in [9.17, 15) is 14.0 Å². The highest BCUT2D eigenvalue weighted by Crippen LogP contribution is 2.35. The SMILES string of the molecule is C=C1C2=C(C(=O)N1C)N(CC(=O)Nc1ccc(-c3ccc(F)nc3)nn1)CCC2. The lowest BCUT2D eigenvalue weighted by atomic mass is 10.0. The molecule has 8 nitrogen and oxygen atoms in total. The van der Waals surface area contributed by atoms with Crippen molar-refractivity contribution in [1.29, 1.82) is 0 Å². The normalized spacial score (nSPS) is 16.3. The minimum Gasteiger partial charge on any atom is -0.357 e. The van der Waals surface area contributed by atoms with Crippen LogP contribution in [-0.2, 0) is 9.59 Å². The minimum absolute atomic E-state index is 0.0387. The van der Waals surface area contributed by atoms with Crippen molar-refractivity contribution in [2.24, 2.45) is 0 Å². The number of carbonyl (C=O) groups excluding carboxylic acids is 2. The maximum atomic E-state index is 12.9. The fraction of sp³-hybridized carbons (Fsp3) is 0.250. The first-order valence-electron chi connectivity index (χ1n) is 9.15. The first kappa shape index (κ1) is 18.7. The third-order valence-corrected chi connectivity index (χ3v) is 5.01. The fourth-order valence-electron chi connectivity index (χ4n) is 3.49. The third-order valence-electron chi connectivity index (χ3n) is 5.01. The number of likely N-dealkylation sites (N-methyl/N-ethyl adjacent to an activating group) is 1. The van der Waals surface area contributed by atoms with Gasteiger partial charge >= 0.3 is 0 Å². The molecule has 2 aliphatic rings. The van der Waals surface area contributed by atoms with Gasteiger partial charge in [-0.25, -0.2) is 4.98 Å². The van der Waals surface area contributed by atoms with Crippen LogP contribution in [0.25, 0.3) is 11.3 Å². The van der Waals surface area contributed by atoms with Crippen molar-refractivity contribution in [3.05, 3.63) is 60.0 Å². The van der Waals surface area contributed by atoms with E-state index in [-0.39, 0.29) is 18.4 Å². The number of allylic oxidation sites excluding steroid dienone is 1. The summed E-state index contributed by atoms with van der Waals surface area (Å²) in [6.45, 7) is 4.63. The largest absolute Gasteiger partial charge is 0.357 e. The van der Waals surface area contributed by atoms with Crippen LogP contribution in [0.2, 0.25) is 0 Å². The van der Waals surface area contributed by atoms with E-state index in [1.165, 1.54) is 17.2 Å². The number of amides is 2. The molecular formula is C20H19FN6O2. The van der Waals surface area contributed by atoms with Crippen LogP contribution in [0, 0.1) is 5.95 Å². The van der Waals surface area contributed by atoms with Crippen molar-refractivity contribution in [1.82, 2.24) is 25.0 Å². The Balaban J connectivity index is 1.43. The molecule has 0 unspecified atom stereocenters. The van der Waals surface area contributed by atoms with Gasteiger partial charge < -0.3 is 15.1 Å². The highest BCUT2D eigenvalue weighted by Gasteiger charge is 2.37. The molecule has 2 aromatic rings. The van der Waals surface area contributed by atoms with Gasteiger partial charge in [0.25, 0.3) is 5.91 Å². The lowest BCUT2D eigenvalue weighted by Gasteiger charge is -2.28. The third kappa shape index (κ3) is 3.58. The number of anilines is 1. The van der Waals surface area contributed by atoms with Crippen molar-refractivity contribution in [2.75, 3.05) is 25.5 Å². The maximum absolute atomic E-state index is 12.9. The number of hydrogen-bond acceptors (Lipinski definition) is 6. The number of carbonyl (C=O) groups is 2. The van der Waals surface area contributed by atoms with E-state index in [1.807, 2.05) is 0 Å². The monoisotopic (exact) mass is 394 g/mol. The van der Waals surface area contributed by atoms with Crippen LogP contribution in [-0.4, -0.2) is 56.9 Å². The van der Waals surface area contributed by atoms with E-state index >= 15 is 0 Å². The van der Waals surface area contributed by atoms with E-state index in [2.05, 4.69) is 27.1 Å². The van der Waals surface area contributed by atoms with Crippen LogP contribution in [0.15, 0.2) is 54.0 Å². The molecular weight excluding hydrogens is 375 g/mol. The van der Waals surface area contributed by atoms with Crippen molar-refractivity contribution in [2.45, 2.75) is 12.8 Å². The average molecular weight is 394 g/mol. The minimum atomic E-state index is -0.572. The number of hydrogen-bond donors (Lipinski definition) is 1. The molecule has 148 valence electrons. The smallest absolute Gasteiger partial charge is 0.274 e. The van der Waals surface area contributed by atoms with Gasteiger partial charge in [0.05, 0.1) is 12.2 Å². The summed E-state index contributed by atoms with van der Waals surface area (Å²) in [7, 11) is 1.69. The summed E-state index contributed by atoms with van der Waals surface area (Å²) in [5.74, 6) is -0.705. The summed E-state index contributed by atoms with van der Waals surface area (Å²) in [4.78, 5) is 31.9. The summed E-state index contributed by atoms with van der Waals surface area (Å²) in [5.41, 5.74) is 3.30. The molecule has 2 aromatic heterocycles. The summed E-state index contributed by atoms with van der Waals surface area (Å²) >= 11 is 0. The van der Waals surface area contributed by atoms with E-state index in [1.54, 1.807) is 30.1 Å². The summed E-state index contributed by atoms with van der Waals surface area (Å²) in [5, 5.41) is 10.7. The second-order valence-electron chi connectivity index (χ2n) is 6.88. The molecule has 0 spiro atoms. The molecule has 1 N–H and O–H groups in total. The molecule has 0 radical (unpaired) electrons. The number of rotatable bonds is 4. The van der Waals surface area contributed by atoms with E-state index in [0.717, 1.165) is 18.4 Å². The molecule has 2 amide bonds. The predicted octanol–water partition coefficient (Wildman–Crippen LogP) is 1.95. The Labute approximate surface area is 166 Å². The Bertz CT molecular complexity index is 1020. The first-order chi connectivity index (χ1) is 13.9. The quantitative estimate of drug-likeness (QED) is 0.797. The van der Waals surface area contributed by atoms with Crippen LogP contribution in [0.5, 0.6) is 0 Å². The van der Waals surface area contributed by atoms with E-state index in [0.29, 0.717) is 35.0 Å². The Morgan fingerprint density at radius 1 is 1.28 bits per heavy atom. The zero-order chi connectivity index (χ0) is 20.5. The first-order valence-corrected chi connectivity index (χ1v) is 9.15. The number of nitrogens with zero attached hydrogens (tertiary/aromatic N) is 5. The number of pyridine rings is 1. The van der Waals surface area contributed by atoms with Crippen molar-refractivity contribution in [3.8, 4) is 11.3 Å². The zero-order valence-electron chi connectivity index (χ0n) is 15.9. The van der Waals surface area contributed by atoms with Gasteiger partial charge in [0.15, 0.2) is 5.82 Å². The topological polar surface area (TPSA) is 91.3 Å². The fourth-order valence-corrected chi connectivity index (χ4v) is 3.49. The average Bonchev–Trinajstić information content (AvgIpc) is 2.94. The Morgan fingerprint density at radius 2 is 2.10 bits per heavy atom. The Kier molecular flexibility index (Phi) is 4.79. The lowest BCUT2D eigenvalue weighted by Crippen LogP contribution is -2.38. The van der Waals surface area contributed by atoms with E-state index < -0.39 is 5.95 Å². The summed E-state index contributed by atoms with van der Waals surface area (Å²) in [6, 6.07) is 6.07. The number of nitrogens with one attached hydrogen (secondary N) is 1. The van der Waals surface area contributed by atoms with Crippen LogP contribution in [0.1, 0.15) is 12.8 Å². The van der Waals surface area contributed by atoms with Gasteiger partial charge in [-0.15, -0.1) is 10.2 Å². The second-order valence-corrected chi connectivity index (χ2v) is 6.88. The number of aromatic nitrogens is 3. The molecule has 9 heteroatoms. The second kappa shape index (κ2) is 7.42. The Hall–Kier alpha value is -3.62. The molecule has 0 saturated carbocycles. The molecule has 0 saturated heterocycles. The van der Waals surface area contributed by atoms with Gasteiger partial charge in [-0.1, -0.05) is 6.58 Å². The van der Waals surface area contributed by atoms with Crippen molar-refractivity contribution in [3.63, 3.8) is 0 Å². The van der Waals surface area contributed by atoms with Gasteiger partial charge in [-0.2, -0.15) is 4.39 Å². The van der Waals surface area contributed by atoms with Gasteiger partial charge in [-0.05, 0) is 37.1 Å². The van der Waals surface area contributed by atoms with Crippen molar-refractivity contribution < 1.29 is 14.0 Å². The van der Waals surface area contributed by atoms with Crippen LogP contribution < -0.4 is 5.32 Å². The van der Waals surface area contributed by atoms with Crippen LogP contribution in [0.4, 0.5) is 10.2 Å². The molecule has 0 aromatic carbocycles. The molecule has 4 rings (SSSR count). The highest BCUT2D eigenvalue weighted by molar-refractivity contribution is 6.01. The van der Waals surface area contributed by atoms with Crippen LogP contribution >= 0.6 is 0 Å². The highest BCUT2D eigenvalue weighted by atomic mass is 19.1. The molecule has 0 bridgehead atoms. The molecule has 0 atom stereocenters. The zero-order valence-corrected chi connectivity index (χ0v) is 15.9. The Morgan fingerprint density at radius 3 is 2.79 bits per heavy atom. The van der Waals surface area contributed by atoms with Crippen LogP contribution in [0.3, 0.4) is 0 Å². The number of halogens is 1. The molecule has 0 fully saturated rings. The van der Waals surface area contributed by atoms with Gasteiger partial charge in [0, 0.05) is 36.6 Å². The van der Waals surface area contributed by atoms with Gasteiger partial charge in [0.1, 0.15) is 5.70 Å². The molecule has 29 heavy (non-hydrogen) atoms. The van der Waals surface area contributed by atoms with Gasteiger partial charge in [-0.3, -0.25) is 9.59 Å². The molecule has 4 heterocycles.